The van der Waals surface area contributed by atoms with E-state index in [1.54, 1.807) is 24.3 Å². The summed E-state index contributed by atoms with van der Waals surface area (Å²) in [6.45, 7) is 3.23. The molecule has 0 fully saturated rings. The van der Waals surface area contributed by atoms with Crippen LogP contribution in [0.15, 0.2) is 29.1 Å². The van der Waals surface area contributed by atoms with E-state index >= 15 is 0 Å². The number of carboxylic acid groups (broad SMARTS) is 1. The lowest BCUT2D eigenvalue weighted by molar-refractivity contribution is -0.00242. The number of hydrogen-bond donors (Lipinski definition) is 2. The first-order valence-corrected chi connectivity index (χ1v) is 6.89. The summed E-state index contributed by atoms with van der Waals surface area (Å²) in [5.41, 5.74) is -0.564. The van der Waals surface area contributed by atoms with Gasteiger partial charge in [-0.05, 0) is 32.4 Å². The van der Waals surface area contributed by atoms with Crippen molar-refractivity contribution in [3.05, 3.63) is 40.3 Å². The fourth-order valence-electron chi connectivity index (χ4n) is 2.30. The molecule has 2 N–H and O–H groups in total. The number of aliphatic hydroxyl groups is 1. The van der Waals surface area contributed by atoms with Crippen LogP contribution in [-0.2, 0) is 16.9 Å². The van der Waals surface area contributed by atoms with E-state index in [4.69, 9.17) is 14.9 Å². The number of nitrogens with zero attached hydrogens (tertiary/aromatic N) is 2. The molecule has 0 atom stereocenters. The van der Waals surface area contributed by atoms with Crippen molar-refractivity contribution in [1.82, 2.24) is 9.55 Å². The lowest BCUT2D eigenvalue weighted by Gasteiger charge is -2.23. The van der Waals surface area contributed by atoms with Gasteiger partial charge in [0.1, 0.15) is 5.69 Å². The molecule has 0 unspecified atom stereocenters. The summed E-state index contributed by atoms with van der Waals surface area (Å²) in [6.07, 6.45) is -1.06. The number of rotatable bonds is 5. The van der Waals surface area contributed by atoms with E-state index in [1.807, 2.05) is 0 Å². The molecule has 7 heteroatoms. The number of aryl methyl sites for hydroxylation is 1. The Morgan fingerprint density at radius 3 is 2.68 bits per heavy atom. The molecule has 0 radical (unpaired) electrons. The van der Waals surface area contributed by atoms with Crippen molar-refractivity contribution in [1.29, 1.82) is 0 Å². The molecule has 0 amide bonds. The number of carbonyl (C=O) groups is 1. The molecule has 118 valence electrons. The third-order valence-corrected chi connectivity index (χ3v) is 3.31. The number of para-hydroxylation sites is 2. The van der Waals surface area contributed by atoms with E-state index in [0.717, 1.165) is 0 Å². The van der Waals surface area contributed by atoms with Crippen LogP contribution in [0, 0.1) is 0 Å². The van der Waals surface area contributed by atoms with Crippen LogP contribution in [0.25, 0.3) is 11.0 Å². The van der Waals surface area contributed by atoms with E-state index in [9.17, 15) is 9.59 Å². The van der Waals surface area contributed by atoms with Crippen LogP contribution in [0.1, 0.15) is 26.0 Å². The van der Waals surface area contributed by atoms with E-state index in [1.165, 1.54) is 18.4 Å². The second-order valence-electron chi connectivity index (χ2n) is 5.36. The number of ether oxygens (including phenoxy) is 1. The molecule has 2 aromatic rings. The van der Waals surface area contributed by atoms with Crippen LogP contribution in [0.4, 0.5) is 4.79 Å². The summed E-state index contributed by atoms with van der Waals surface area (Å²) in [6, 6.07) is 7.07. The van der Waals surface area contributed by atoms with Gasteiger partial charge in [-0.15, -0.1) is 0 Å². The summed E-state index contributed by atoms with van der Waals surface area (Å²) in [7, 11) is 0. The normalized spacial score (nSPS) is 11.6. The largest absolute Gasteiger partial charge is 0.506 e. The maximum atomic E-state index is 12.7. The van der Waals surface area contributed by atoms with Gasteiger partial charge in [0.2, 0.25) is 0 Å². The van der Waals surface area contributed by atoms with Crippen LogP contribution in [-0.4, -0.2) is 32.5 Å². The Kier molecular flexibility index (Phi) is 4.46. The van der Waals surface area contributed by atoms with Gasteiger partial charge in [-0.2, -0.15) is 0 Å². The minimum atomic E-state index is -1.47. The van der Waals surface area contributed by atoms with E-state index in [-0.39, 0.29) is 12.3 Å². The molecule has 2 rings (SSSR count). The SMILES string of the molecule is CC(C)(OC(=O)O)c1nc2ccccc2n(CCCO)c1=O. The molecule has 0 bridgehead atoms. The average Bonchev–Trinajstić information content (AvgIpc) is 2.44. The highest BCUT2D eigenvalue weighted by molar-refractivity contribution is 5.74. The Morgan fingerprint density at radius 2 is 2.05 bits per heavy atom. The highest BCUT2D eigenvalue weighted by Crippen LogP contribution is 2.22. The zero-order valence-electron chi connectivity index (χ0n) is 12.4. The van der Waals surface area contributed by atoms with Gasteiger partial charge in [-0.1, -0.05) is 12.1 Å². The smallest absolute Gasteiger partial charge is 0.450 e. The third kappa shape index (κ3) is 3.09. The van der Waals surface area contributed by atoms with E-state index < -0.39 is 17.3 Å². The molecule has 1 aromatic heterocycles. The summed E-state index contributed by atoms with van der Waals surface area (Å²) in [4.78, 5) is 27.8. The lowest BCUT2D eigenvalue weighted by Crippen LogP contribution is -2.37. The Bertz CT molecular complexity index is 751. The first-order chi connectivity index (χ1) is 10.4. The zero-order valence-corrected chi connectivity index (χ0v) is 12.4. The monoisotopic (exact) mass is 306 g/mol. The highest BCUT2D eigenvalue weighted by atomic mass is 16.7. The van der Waals surface area contributed by atoms with Crippen molar-refractivity contribution in [2.45, 2.75) is 32.4 Å². The predicted octanol–water partition coefficient (Wildman–Crippen LogP) is 1.71. The Morgan fingerprint density at radius 1 is 1.36 bits per heavy atom. The van der Waals surface area contributed by atoms with Crippen molar-refractivity contribution < 1.29 is 19.7 Å². The lowest BCUT2D eigenvalue weighted by atomic mass is 10.0. The van der Waals surface area contributed by atoms with Crippen molar-refractivity contribution in [2.75, 3.05) is 6.61 Å². The van der Waals surface area contributed by atoms with Crippen molar-refractivity contribution in [3.63, 3.8) is 0 Å². The molecule has 0 aliphatic heterocycles. The molecule has 1 heterocycles. The van der Waals surface area contributed by atoms with Gasteiger partial charge in [0.15, 0.2) is 5.60 Å². The van der Waals surface area contributed by atoms with Crippen molar-refractivity contribution in [3.8, 4) is 0 Å². The Hall–Kier alpha value is -2.41. The average molecular weight is 306 g/mol. The maximum absolute atomic E-state index is 12.7. The molecule has 0 aliphatic rings. The van der Waals surface area contributed by atoms with E-state index in [2.05, 4.69) is 4.98 Å². The number of fused-ring (bicyclic) bond motifs is 1. The third-order valence-electron chi connectivity index (χ3n) is 3.31. The van der Waals surface area contributed by atoms with Crippen molar-refractivity contribution in [2.24, 2.45) is 0 Å². The van der Waals surface area contributed by atoms with Crippen LogP contribution >= 0.6 is 0 Å². The van der Waals surface area contributed by atoms with Gasteiger partial charge in [0.05, 0.1) is 11.0 Å². The molecule has 22 heavy (non-hydrogen) atoms. The highest BCUT2D eigenvalue weighted by Gasteiger charge is 2.31. The minimum absolute atomic E-state index is 0.0199. The number of aliphatic hydroxyl groups excluding tert-OH is 1. The molecule has 0 saturated carbocycles. The summed E-state index contributed by atoms with van der Waals surface area (Å²) in [5, 5.41) is 17.8. The molecule has 7 nitrogen and oxygen atoms in total. The predicted molar refractivity (Wildman–Crippen MR) is 79.8 cm³/mol. The number of hydrogen-bond acceptors (Lipinski definition) is 5. The molecule has 1 aromatic carbocycles. The van der Waals surface area contributed by atoms with Gasteiger partial charge in [0.25, 0.3) is 5.56 Å². The molecular weight excluding hydrogens is 288 g/mol. The molecule has 0 spiro atoms. The first kappa shape index (κ1) is 16.0. The molecular formula is C15H18N2O5. The molecule has 0 aliphatic carbocycles. The van der Waals surface area contributed by atoms with Crippen LogP contribution in [0.5, 0.6) is 0 Å². The van der Waals surface area contributed by atoms with Crippen LogP contribution in [0.2, 0.25) is 0 Å². The Balaban J connectivity index is 2.68. The van der Waals surface area contributed by atoms with Crippen LogP contribution in [0.3, 0.4) is 0 Å². The topological polar surface area (TPSA) is 102 Å². The Labute approximate surface area is 126 Å². The number of benzene rings is 1. The zero-order chi connectivity index (χ0) is 16.3. The maximum Gasteiger partial charge on any atom is 0.506 e. The van der Waals surface area contributed by atoms with E-state index in [0.29, 0.717) is 24.0 Å². The summed E-state index contributed by atoms with van der Waals surface area (Å²) >= 11 is 0. The fourth-order valence-corrected chi connectivity index (χ4v) is 2.30. The van der Waals surface area contributed by atoms with Crippen molar-refractivity contribution >= 4 is 17.2 Å². The van der Waals surface area contributed by atoms with Gasteiger partial charge >= 0.3 is 6.16 Å². The quantitative estimate of drug-likeness (QED) is 0.815. The molecule has 0 saturated heterocycles. The van der Waals surface area contributed by atoms with Gasteiger partial charge in [-0.3, -0.25) is 4.79 Å². The fraction of sp³-hybridized carbons (Fsp3) is 0.400. The standard InChI is InChI=1S/C15H18N2O5/c1-15(2,22-14(20)21)12-13(19)17(8-5-9-18)11-7-4-3-6-10(11)16-12/h3-4,6-7,18H,5,8-9H2,1-2H3,(H,20,21). The first-order valence-electron chi connectivity index (χ1n) is 6.89. The summed E-state index contributed by atoms with van der Waals surface area (Å²) in [5.74, 6) is 0. The van der Waals surface area contributed by atoms with Gasteiger partial charge in [-0.25, -0.2) is 9.78 Å². The second-order valence-corrected chi connectivity index (χ2v) is 5.36. The summed E-state index contributed by atoms with van der Waals surface area (Å²) < 4.78 is 6.29. The van der Waals surface area contributed by atoms with Gasteiger partial charge < -0.3 is 19.5 Å². The van der Waals surface area contributed by atoms with Crippen LogP contribution < -0.4 is 5.56 Å². The minimum Gasteiger partial charge on any atom is -0.450 e. The second kappa shape index (κ2) is 6.15. The number of aromatic nitrogens is 2. The van der Waals surface area contributed by atoms with Gasteiger partial charge in [0, 0.05) is 13.2 Å².